The number of rotatable bonds is 3. The molecule has 154 valence electrons. The van der Waals surface area contributed by atoms with Crippen molar-refractivity contribution in [3.05, 3.63) is 28.8 Å². The lowest BCUT2D eigenvalue weighted by Gasteiger charge is -2.32. The van der Waals surface area contributed by atoms with E-state index in [2.05, 4.69) is 17.2 Å². The van der Waals surface area contributed by atoms with Crippen LogP contribution in [0.25, 0.3) is 0 Å². The van der Waals surface area contributed by atoms with Crippen molar-refractivity contribution in [1.29, 1.82) is 0 Å². The number of ether oxygens (including phenoxy) is 1. The number of benzene rings is 1. The average molecular weight is 429 g/mol. The molecule has 28 heavy (non-hydrogen) atoms. The molecule has 1 aliphatic heterocycles. The van der Waals surface area contributed by atoms with Gasteiger partial charge in [-0.25, -0.2) is 13.2 Å². The molecule has 0 unspecified atom stereocenters. The molecule has 0 aliphatic carbocycles. The van der Waals surface area contributed by atoms with E-state index in [1.54, 1.807) is 20.8 Å². The monoisotopic (exact) mass is 428 g/mol. The van der Waals surface area contributed by atoms with Gasteiger partial charge in [-0.2, -0.15) is 4.31 Å². The molecule has 9 heteroatoms. The minimum Gasteiger partial charge on any atom is -0.444 e. The van der Waals surface area contributed by atoms with Gasteiger partial charge in [0.1, 0.15) is 12.2 Å². The number of alkyl carbamates (subject to hydrolysis) is 1. The van der Waals surface area contributed by atoms with Crippen molar-refractivity contribution in [3.8, 4) is 11.8 Å². The maximum Gasteiger partial charge on any atom is 0.407 e. The molecule has 2 rings (SSSR count). The van der Waals surface area contributed by atoms with E-state index in [0.29, 0.717) is 23.4 Å². The number of aliphatic hydroxyl groups is 1. The highest BCUT2D eigenvalue weighted by Gasteiger charge is 2.31. The number of piperidine rings is 1. The maximum absolute atomic E-state index is 12.9. The van der Waals surface area contributed by atoms with Gasteiger partial charge in [-0.05, 0) is 51.8 Å². The third-order valence-corrected chi connectivity index (χ3v) is 6.28. The molecule has 1 amide bonds. The molecule has 1 aromatic carbocycles. The normalized spacial score (nSPS) is 16.2. The van der Waals surface area contributed by atoms with Crippen LogP contribution < -0.4 is 5.32 Å². The maximum atomic E-state index is 12.9. The third kappa shape index (κ3) is 6.11. The Morgan fingerprint density at radius 3 is 2.57 bits per heavy atom. The van der Waals surface area contributed by atoms with Gasteiger partial charge in [0, 0.05) is 24.7 Å². The van der Waals surface area contributed by atoms with E-state index in [4.69, 9.17) is 21.4 Å². The van der Waals surface area contributed by atoms with Crippen LogP contribution in [0.2, 0.25) is 5.02 Å². The van der Waals surface area contributed by atoms with Crippen molar-refractivity contribution in [1.82, 2.24) is 9.62 Å². The van der Waals surface area contributed by atoms with Crippen LogP contribution in [0, 0.1) is 11.8 Å². The average Bonchev–Trinajstić information content (AvgIpc) is 2.59. The van der Waals surface area contributed by atoms with Crippen molar-refractivity contribution in [2.75, 3.05) is 19.7 Å². The molecule has 1 aromatic rings. The highest BCUT2D eigenvalue weighted by atomic mass is 35.5. The van der Waals surface area contributed by atoms with Gasteiger partial charge in [0.05, 0.1) is 9.92 Å². The second kappa shape index (κ2) is 9.14. The summed E-state index contributed by atoms with van der Waals surface area (Å²) in [6, 6.07) is 4.18. The first-order valence-electron chi connectivity index (χ1n) is 8.92. The van der Waals surface area contributed by atoms with Crippen LogP contribution in [0.5, 0.6) is 0 Å². The molecule has 0 aromatic heterocycles. The minimum absolute atomic E-state index is 0.0951. The fourth-order valence-corrected chi connectivity index (χ4v) is 4.42. The zero-order valence-electron chi connectivity index (χ0n) is 16.2. The summed E-state index contributed by atoms with van der Waals surface area (Å²) in [6.07, 6.45) is 0.477. The molecule has 1 saturated heterocycles. The standard InChI is InChI=1S/C19H25ClN2O5S/c1-19(2,3)27-18(24)21-15-8-10-22(11-9-15)28(25,26)16-6-7-17(20)14(13-16)5-4-12-23/h6-7,13,15,23H,8-12H2,1-3H3,(H,21,24). The Kier molecular flexibility index (Phi) is 7.34. The number of hydrogen-bond acceptors (Lipinski definition) is 5. The van der Waals surface area contributed by atoms with Crippen LogP contribution in [0.3, 0.4) is 0 Å². The van der Waals surface area contributed by atoms with Gasteiger partial charge in [0.2, 0.25) is 10.0 Å². The Labute approximate surface area is 171 Å². The fraction of sp³-hybridized carbons (Fsp3) is 0.526. The number of nitrogens with zero attached hydrogens (tertiary/aromatic N) is 1. The summed E-state index contributed by atoms with van der Waals surface area (Å²) >= 11 is 6.04. The Balaban J connectivity index is 2.04. The summed E-state index contributed by atoms with van der Waals surface area (Å²) in [5, 5.41) is 11.9. The quantitative estimate of drug-likeness (QED) is 0.720. The lowest BCUT2D eigenvalue weighted by molar-refractivity contribution is 0.0489. The molecule has 2 N–H and O–H groups in total. The van der Waals surface area contributed by atoms with Crippen LogP contribution >= 0.6 is 11.6 Å². The van der Waals surface area contributed by atoms with E-state index in [9.17, 15) is 13.2 Å². The molecule has 0 radical (unpaired) electrons. The molecule has 0 atom stereocenters. The summed E-state index contributed by atoms with van der Waals surface area (Å²) in [5.74, 6) is 5.11. The summed E-state index contributed by atoms with van der Waals surface area (Å²) < 4.78 is 32.4. The molecule has 0 bridgehead atoms. The molecule has 0 spiro atoms. The predicted octanol–water partition coefficient (Wildman–Crippen LogP) is 2.36. The van der Waals surface area contributed by atoms with Gasteiger partial charge < -0.3 is 15.2 Å². The zero-order valence-corrected chi connectivity index (χ0v) is 17.7. The first-order valence-corrected chi connectivity index (χ1v) is 10.7. The van der Waals surface area contributed by atoms with Crippen molar-refractivity contribution in [2.24, 2.45) is 0 Å². The Bertz CT molecular complexity index is 876. The number of amides is 1. The number of nitrogens with one attached hydrogen (secondary N) is 1. The third-order valence-electron chi connectivity index (χ3n) is 4.05. The van der Waals surface area contributed by atoms with Crippen molar-refractivity contribution in [2.45, 2.75) is 50.2 Å². The molecule has 1 heterocycles. The van der Waals surface area contributed by atoms with Crippen LogP contribution in [-0.2, 0) is 14.8 Å². The molecule has 7 nitrogen and oxygen atoms in total. The summed E-state index contributed by atoms with van der Waals surface area (Å²) in [5.41, 5.74) is -0.238. The van der Waals surface area contributed by atoms with E-state index < -0.39 is 21.7 Å². The fourth-order valence-electron chi connectivity index (χ4n) is 2.76. The van der Waals surface area contributed by atoms with E-state index in [1.807, 2.05) is 0 Å². The summed E-state index contributed by atoms with van der Waals surface area (Å²) in [6.45, 7) is 5.57. The van der Waals surface area contributed by atoms with Gasteiger partial charge in [-0.1, -0.05) is 23.4 Å². The number of sulfonamides is 1. The lowest BCUT2D eigenvalue weighted by atomic mass is 10.1. The first-order chi connectivity index (χ1) is 13.0. The Morgan fingerprint density at radius 2 is 2.00 bits per heavy atom. The first kappa shape index (κ1) is 22.5. The van der Waals surface area contributed by atoms with Crippen molar-refractivity contribution >= 4 is 27.7 Å². The smallest absolute Gasteiger partial charge is 0.407 e. The van der Waals surface area contributed by atoms with Crippen LogP contribution in [0.1, 0.15) is 39.2 Å². The number of hydrogen-bond donors (Lipinski definition) is 2. The van der Waals surface area contributed by atoms with E-state index in [-0.39, 0.29) is 30.6 Å². The Morgan fingerprint density at radius 1 is 1.36 bits per heavy atom. The van der Waals surface area contributed by atoms with Gasteiger partial charge in [0.15, 0.2) is 0 Å². The summed E-state index contributed by atoms with van der Waals surface area (Å²) in [4.78, 5) is 12.0. The van der Waals surface area contributed by atoms with Crippen LogP contribution in [0.15, 0.2) is 23.1 Å². The van der Waals surface area contributed by atoms with Gasteiger partial charge in [-0.3, -0.25) is 0 Å². The number of carbonyl (C=O) groups excluding carboxylic acids is 1. The van der Waals surface area contributed by atoms with Gasteiger partial charge >= 0.3 is 6.09 Å². The molecule has 1 aliphatic rings. The predicted molar refractivity (Wildman–Crippen MR) is 107 cm³/mol. The van der Waals surface area contributed by atoms with Crippen LogP contribution in [0.4, 0.5) is 4.79 Å². The van der Waals surface area contributed by atoms with E-state index in [0.717, 1.165) is 0 Å². The lowest BCUT2D eigenvalue weighted by Crippen LogP contribution is -2.47. The summed E-state index contributed by atoms with van der Waals surface area (Å²) in [7, 11) is -3.71. The van der Waals surface area contributed by atoms with Crippen molar-refractivity contribution in [3.63, 3.8) is 0 Å². The number of carbonyl (C=O) groups is 1. The number of aliphatic hydroxyl groups excluding tert-OH is 1. The molecular formula is C19H25ClN2O5S. The van der Waals surface area contributed by atoms with E-state index in [1.165, 1.54) is 22.5 Å². The van der Waals surface area contributed by atoms with Crippen LogP contribution in [-0.4, -0.2) is 55.3 Å². The molecule has 1 fully saturated rings. The SMILES string of the molecule is CC(C)(C)OC(=O)NC1CCN(S(=O)(=O)c2ccc(Cl)c(C#CCO)c2)CC1. The molecular weight excluding hydrogens is 404 g/mol. The molecule has 0 saturated carbocycles. The topological polar surface area (TPSA) is 95.9 Å². The highest BCUT2D eigenvalue weighted by Crippen LogP contribution is 2.25. The largest absolute Gasteiger partial charge is 0.444 e. The van der Waals surface area contributed by atoms with Gasteiger partial charge in [-0.15, -0.1) is 0 Å². The number of halogens is 1. The second-order valence-electron chi connectivity index (χ2n) is 7.43. The van der Waals surface area contributed by atoms with Gasteiger partial charge in [0.25, 0.3) is 0 Å². The minimum atomic E-state index is -3.71. The second-order valence-corrected chi connectivity index (χ2v) is 9.77. The van der Waals surface area contributed by atoms with E-state index >= 15 is 0 Å². The Hall–Kier alpha value is -1.79. The highest BCUT2D eigenvalue weighted by molar-refractivity contribution is 7.89. The zero-order chi connectivity index (χ0) is 20.9. The van der Waals surface area contributed by atoms with Crippen molar-refractivity contribution < 1.29 is 23.1 Å².